The van der Waals surface area contributed by atoms with Crippen LogP contribution >= 0.6 is 0 Å². The highest BCUT2D eigenvalue weighted by atomic mass is 16.5. The van der Waals surface area contributed by atoms with E-state index in [1.54, 1.807) is 55.6 Å². The summed E-state index contributed by atoms with van der Waals surface area (Å²) < 4.78 is 5.50. The molecule has 0 aromatic heterocycles. The van der Waals surface area contributed by atoms with Crippen molar-refractivity contribution in [2.24, 2.45) is 0 Å². The number of nitrogens with zero attached hydrogens (tertiary/aromatic N) is 1. The number of carbonyl (C=O) groups is 1. The molecule has 0 unspecified atom stereocenters. The minimum absolute atomic E-state index is 0.0652. The zero-order valence-corrected chi connectivity index (χ0v) is 11.8. The van der Waals surface area contributed by atoms with E-state index in [-0.39, 0.29) is 24.7 Å². The molecule has 0 spiro atoms. The van der Waals surface area contributed by atoms with Crippen molar-refractivity contribution in [2.75, 3.05) is 24.3 Å². The topological polar surface area (TPSA) is 75.8 Å². The first-order valence-electron chi connectivity index (χ1n) is 6.60. The number of benzene rings is 2. The molecule has 0 saturated carbocycles. The molecule has 3 N–H and O–H groups in total. The second-order valence-corrected chi connectivity index (χ2v) is 4.64. The molecule has 5 nitrogen and oxygen atoms in total. The number of ether oxygens (including phenoxy) is 1. The Labute approximate surface area is 123 Å². The first-order valence-corrected chi connectivity index (χ1v) is 6.60. The molecule has 2 rings (SSSR count). The maximum Gasteiger partial charge on any atom is 0.230 e. The van der Waals surface area contributed by atoms with Crippen LogP contribution in [0.4, 0.5) is 11.4 Å². The highest BCUT2D eigenvalue weighted by Crippen LogP contribution is 2.18. The van der Waals surface area contributed by atoms with Gasteiger partial charge < -0.3 is 20.5 Å². The molecule has 0 heterocycles. The Kier molecular flexibility index (Phi) is 4.66. The number of aromatic hydroxyl groups is 1. The fourth-order valence-electron chi connectivity index (χ4n) is 1.85. The van der Waals surface area contributed by atoms with Crippen LogP contribution in [0.15, 0.2) is 48.5 Å². The Morgan fingerprint density at radius 1 is 1.24 bits per heavy atom. The molecule has 1 amide bonds. The predicted octanol–water partition coefficient (Wildman–Crippen LogP) is 2.41. The van der Waals surface area contributed by atoms with Gasteiger partial charge in [0.1, 0.15) is 11.5 Å². The maximum absolute atomic E-state index is 12.0. The van der Waals surface area contributed by atoms with E-state index in [9.17, 15) is 9.90 Å². The number of phenols is 1. The molecule has 5 heteroatoms. The summed E-state index contributed by atoms with van der Waals surface area (Å²) in [6.07, 6.45) is 0.256. The second-order valence-electron chi connectivity index (χ2n) is 4.64. The summed E-state index contributed by atoms with van der Waals surface area (Å²) in [6, 6.07) is 13.5. The standard InChI is InChI=1S/C16H18N2O3/c1-18(13-5-7-14(19)8-6-13)16(20)9-10-21-15-4-2-3-12(17)11-15/h2-8,11,19H,9-10,17H2,1H3. The summed E-state index contributed by atoms with van der Waals surface area (Å²) >= 11 is 0. The van der Waals surface area contributed by atoms with Crippen LogP contribution in [-0.4, -0.2) is 24.7 Å². The van der Waals surface area contributed by atoms with Crippen molar-refractivity contribution < 1.29 is 14.6 Å². The van der Waals surface area contributed by atoms with Crippen LogP contribution in [-0.2, 0) is 4.79 Å². The van der Waals surface area contributed by atoms with Crippen molar-refractivity contribution in [1.29, 1.82) is 0 Å². The van der Waals surface area contributed by atoms with Crippen LogP contribution < -0.4 is 15.4 Å². The average molecular weight is 286 g/mol. The minimum Gasteiger partial charge on any atom is -0.508 e. The van der Waals surface area contributed by atoms with Gasteiger partial charge in [0, 0.05) is 24.5 Å². The molecule has 0 aliphatic rings. The lowest BCUT2D eigenvalue weighted by molar-refractivity contribution is -0.118. The van der Waals surface area contributed by atoms with Gasteiger partial charge in [-0.05, 0) is 36.4 Å². The normalized spacial score (nSPS) is 10.1. The molecule has 110 valence electrons. The van der Waals surface area contributed by atoms with Crippen LogP contribution in [0.1, 0.15) is 6.42 Å². The smallest absolute Gasteiger partial charge is 0.230 e. The summed E-state index contributed by atoms with van der Waals surface area (Å²) in [4.78, 5) is 13.6. The predicted molar refractivity (Wildman–Crippen MR) is 82.5 cm³/mol. The Balaban J connectivity index is 1.85. The van der Waals surface area contributed by atoms with Gasteiger partial charge in [-0.25, -0.2) is 0 Å². The Hall–Kier alpha value is -2.69. The van der Waals surface area contributed by atoms with Gasteiger partial charge in [0.05, 0.1) is 13.0 Å². The van der Waals surface area contributed by atoms with E-state index in [4.69, 9.17) is 10.5 Å². The zero-order valence-electron chi connectivity index (χ0n) is 11.8. The van der Waals surface area contributed by atoms with E-state index in [0.717, 1.165) is 5.69 Å². The Morgan fingerprint density at radius 3 is 2.62 bits per heavy atom. The van der Waals surface area contributed by atoms with Gasteiger partial charge in [-0.1, -0.05) is 6.07 Å². The minimum atomic E-state index is -0.0652. The number of nitrogen functional groups attached to an aromatic ring is 1. The summed E-state index contributed by atoms with van der Waals surface area (Å²) in [7, 11) is 1.69. The van der Waals surface area contributed by atoms with Crippen molar-refractivity contribution in [3.05, 3.63) is 48.5 Å². The fourth-order valence-corrected chi connectivity index (χ4v) is 1.85. The number of nitrogens with two attached hydrogens (primary N) is 1. The number of phenolic OH excluding ortho intramolecular Hbond substituents is 1. The lowest BCUT2D eigenvalue weighted by Crippen LogP contribution is -2.27. The lowest BCUT2D eigenvalue weighted by Gasteiger charge is -2.17. The van der Waals surface area contributed by atoms with E-state index in [1.165, 1.54) is 4.90 Å². The van der Waals surface area contributed by atoms with Crippen LogP contribution in [0.5, 0.6) is 11.5 Å². The van der Waals surface area contributed by atoms with Crippen LogP contribution in [0, 0.1) is 0 Å². The SMILES string of the molecule is CN(C(=O)CCOc1cccc(N)c1)c1ccc(O)cc1. The van der Waals surface area contributed by atoms with Crippen molar-refractivity contribution >= 4 is 17.3 Å². The molecular weight excluding hydrogens is 268 g/mol. The first kappa shape index (κ1) is 14.7. The van der Waals surface area contributed by atoms with E-state index in [0.29, 0.717) is 11.4 Å². The molecule has 2 aromatic rings. The Bertz CT molecular complexity index is 611. The molecule has 0 fully saturated rings. The third-order valence-corrected chi connectivity index (χ3v) is 3.05. The summed E-state index contributed by atoms with van der Waals surface area (Å²) in [5, 5.41) is 9.23. The van der Waals surface area contributed by atoms with Gasteiger partial charge in [-0.15, -0.1) is 0 Å². The first-order chi connectivity index (χ1) is 10.1. The van der Waals surface area contributed by atoms with Gasteiger partial charge in [0.25, 0.3) is 0 Å². The van der Waals surface area contributed by atoms with Crippen molar-refractivity contribution in [2.45, 2.75) is 6.42 Å². The third kappa shape index (κ3) is 4.14. The number of anilines is 2. The van der Waals surface area contributed by atoms with Gasteiger partial charge in [0.15, 0.2) is 0 Å². The van der Waals surface area contributed by atoms with Gasteiger partial charge in [0.2, 0.25) is 5.91 Å². The second kappa shape index (κ2) is 6.65. The van der Waals surface area contributed by atoms with Crippen LogP contribution in [0.2, 0.25) is 0 Å². The molecule has 0 aliphatic carbocycles. The zero-order chi connectivity index (χ0) is 15.2. The van der Waals surface area contributed by atoms with E-state index < -0.39 is 0 Å². The summed E-state index contributed by atoms with van der Waals surface area (Å²) in [5.41, 5.74) is 7.00. The fraction of sp³-hybridized carbons (Fsp3) is 0.188. The number of hydrogen-bond donors (Lipinski definition) is 2. The molecule has 0 radical (unpaired) electrons. The van der Waals surface area contributed by atoms with Crippen molar-refractivity contribution in [3.8, 4) is 11.5 Å². The molecular formula is C16H18N2O3. The van der Waals surface area contributed by atoms with E-state index >= 15 is 0 Å². The third-order valence-electron chi connectivity index (χ3n) is 3.05. The number of rotatable bonds is 5. The maximum atomic E-state index is 12.0. The quantitative estimate of drug-likeness (QED) is 0.828. The molecule has 0 aliphatic heterocycles. The summed E-state index contributed by atoms with van der Waals surface area (Å²) in [5.74, 6) is 0.754. The summed E-state index contributed by atoms with van der Waals surface area (Å²) in [6.45, 7) is 0.282. The monoisotopic (exact) mass is 286 g/mol. The number of carbonyl (C=O) groups excluding carboxylic acids is 1. The highest BCUT2D eigenvalue weighted by molar-refractivity contribution is 5.92. The molecule has 0 atom stereocenters. The largest absolute Gasteiger partial charge is 0.508 e. The molecule has 2 aromatic carbocycles. The Morgan fingerprint density at radius 2 is 1.95 bits per heavy atom. The highest BCUT2D eigenvalue weighted by Gasteiger charge is 2.11. The van der Waals surface area contributed by atoms with E-state index in [1.807, 2.05) is 0 Å². The number of hydrogen-bond acceptors (Lipinski definition) is 4. The lowest BCUT2D eigenvalue weighted by atomic mass is 10.2. The van der Waals surface area contributed by atoms with Gasteiger partial charge >= 0.3 is 0 Å². The van der Waals surface area contributed by atoms with Crippen LogP contribution in [0.3, 0.4) is 0 Å². The van der Waals surface area contributed by atoms with Crippen LogP contribution in [0.25, 0.3) is 0 Å². The molecule has 0 bridgehead atoms. The number of amides is 1. The molecule has 0 saturated heterocycles. The van der Waals surface area contributed by atoms with Gasteiger partial charge in [-0.3, -0.25) is 4.79 Å². The van der Waals surface area contributed by atoms with Gasteiger partial charge in [-0.2, -0.15) is 0 Å². The van der Waals surface area contributed by atoms with E-state index in [2.05, 4.69) is 0 Å². The van der Waals surface area contributed by atoms with Crippen molar-refractivity contribution in [3.63, 3.8) is 0 Å². The molecule has 21 heavy (non-hydrogen) atoms. The average Bonchev–Trinajstić information content (AvgIpc) is 2.47. The van der Waals surface area contributed by atoms with Crippen molar-refractivity contribution in [1.82, 2.24) is 0 Å².